The summed E-state index contributed by atoms with van der Waals surface area (Å²) in [6.45, 7) is 1.81. The van der Waals surface area contributed by atoms with Crippen molar-refractivity contribution in [1.29, 1.82) is 0 Å². The normalized spacial score (nSPS) is 10.7. The molecule has 0 bridgehead atoms. The van der Waals surface area contributed by atoms with Gasteiger partial charge in [-0.15, -0.1) is 10.2 Å². The maximum Gasteiger partial charge on any atom is 0.521 e. The average Bonchev–Trinajstić information content (AvgIpc) is 2.69. The summed E-state index contributed by atoms with van der Waals surface area (Å²) in [4.78, 5) is 11.6. The van der Waals surface area contributed by atoms with Gasteiger partial charge in [-0.25, -0.2) is 18.6 Å². The highest BCUT2D eigenvalue weighted by Crippen LogP contribution is 2.47. The van der Waals surface area contributed by atoms with Gasteiger partial charge in [-0.1, -0.05) is 0 Å². The van der Waals surface area contributed by atoms with Crippen molar-refractivity contribution >= 4 is 16.7 Å². The molecule has 11 nitrogen and oxygen atoms in total. The van der Waals surface area contributed by atoms with E-state index < -0.39 is 10.2 Å². The zero-order valence-electron chi connectivity index (χ0n) is 17.4. The number of esters is 1. The van der Waals surface area contributed by atoms with Crippen LogP contribution in [0.4, 0.5) is 0 Å². The molecule has 0 amide bonds. The lowest BCUT2D eigenvalue weighted by Crippen LogP contribution is -2.68. The van der Waals surface area contributed by atoms with E-state index in [1.165, 1.54) is 14.2 Å². The van der Waals surface area contributed by atoms with Gasteiger partial charge in [0.05, 0.1) is 40.2 Å². The second-order valence-electron chi connectivity index (χ2n) is 5.65. The van der Waals surface area contributed by atoms with Crippen molar-refractivity contribution in [2.75, 3.05) is 35.5 Å². The summed E-state index contributed by atoms with van der Waals surface area (Å²) in [6, 6.07) is 1.83. The van der Waals surface area contributed by atoms with Gasteiger partial charge in [0.25, 0.3) is 0 Å². The Morgan fingerprint density at radius 1 is 0.967 bits per heavy atom. The minimum Gasteiger partial charge on any atom is -0.493 e. The summed E-state index contributed by atoms with van der Waals surface area (Å²) in [7, 11) is 2.57. The number of fused-ring (bicyclic) bond motifs is 1. The SMILES string of the molecule is COC(=O)CCc1c(OC)[o+]c(C)c2c(OC)c(OC)c(OC)cc12.[O-][Cl+3]([O-])([O-])[O-]. The van der Waals surface area contributed by atoms with E-state index in [4.69, 9.17) is 46.7 Å². The number of aryl methyl sites for hydroxylation is 2. The Hall–Kier alpha value is -2.57. The maximum atomic E-state index is 11.6. The van der Waals surface area contributed by atoms with Gasteiger partial charge in [0, 0.05) is 12.3 Å². The summed E-state index contributed by atoms with van der Waals surface area (Å²) in [6.07, 6.45) is 0.575. The molecule has 0 saturated heterocycles. The Kier molecular flexibility index (Phi) is 9.33. The number of carbonyl (C=O) groups is 1. The van der Waals surface area contributed by atoms with E-state index in [0.29, 0.717) is 35.4 Å². The third-order valence-electron chi connectivity index (χ3n) is 3.99. The molecule has 0 radical (unpaired) electrons. The summed E-state index contributed by atoms with van der Waals surface area (Å²) in [5.74, 6) is 2.11. The van der Waals surface area contributed by atoms with Crippen molar-refractivity contribution in [2.45, 2.75) is 19.8 Å². The largest absolute Gasteiger partial charge is 0.521 e. The first-order valence-corrected chi connectivity index (χ1v) is 9.56. The zero-order valence-corrected chi connectivity index (χ0v) is 18.1. The number of hydrogen-bond acceptors (Lipinski definition) is 10. The van der Waals surface area contributed by atoms with E-state index in [0.717, 1.165) is 16.3 Å². The second kappa shape index (κ2) is 11.0. The molecule has 1 aromatic carbocycles. The molecule has 0 fully saturated rings. The van der Waals surface area contributed by atoms with E-state index in [2.05, 4.69) is 0 Å². The molecule has 12 heteroatoms. The highest BCUT2D eigenvalue weighted by Gasteiger charge is 2.29. The third-order valence-corrected chi connectivity index (χ3v) is 3.99. The van der Waals surface area contributed by atoms with Crippen LogP contribution in [0.5, 0.6) is 23.2 Å². The molecular formula is C18H23ClO11. The molecule has 168 valence electrons. The maximum absolute atomic E-state index is 11.6. The van der Waals surface area contributed by atoms with E-state index in [-0.39, 0.29) is 12.4 Å². The number of benzene rings is 1. The van der Waals surface area contributed by atoms with Gasteiger partial charge in [-0.3, -0.25) is 9.21 Å². The minimum atomic E-state index is -4.94. The van der Waals surface area contributed by atoms with Gasteiger partial charge >= 0.3 is 11.9 Å². The molecule has 2 aromatic rings. The van der Waals surface area contributed by atoms with Gasteiger partial charge in [0.2, 0.25) is 11.5 Å². The Bertz CT molecular complexity index is 871. The number of rotatable bonds is 7. The molecule has 1 heterocycles. The monoisotopic (exact) mass is 450 g/mol. The van der Waals surface area contributed by atoms with Crippen LogP contribution in [-0.4, -0.2) is 41.5 Å². The van der Waals surface area contributed by atoms with Gasteiger partial charge < -0.3 is 23.7 Å². The molecule has 0 atom stereocenters. The second-order valence-corrected chi connectivity index (χ2v) is 6.41. The fourth-order valence-electron chi connectivity index (χ4n) is 2.84. The first-order chi connectivity index (χ1) is 14.0. The number of halogens is 1. The molecule has 0 unspecified atom stereocenters. The van der Waals surface area contributed by atoms with Crippen LogP contribution in [0.2, 0.25) is 0 Å². The average molecular weight is 451 g/mol. The Morgan fingerprint density at radius 2 is 1.53 bits per heavy atom. The predicted octanol–water partition coefficient (Wildman–Crippen LogP) is -1.59. The first-order valence-electron chi connectivity index (χ1n) is 8.33. The molecule has 0 aliphatic rings. The third kappa shape index (κ3) is 6.47. The molecule has 0 saturated carbocycles. The molecule has 0 aliphatic heterocycles. The van der Waals surface area contributed by atoms with E-state index in [1.807, 2.05) is 13.0 Å². The number of methoxy groups -OCH3 is 5. The van der Waals surface area contributed by atoms with Crippen LogP contribution in [0.3, 0.4) is 0 Å². The topological polar surface area (TPSA) is 167 Å². The molecule has 2 rings (SSSR count). The smallest absolute Gasteiger partial charge is 0.493 e. The fourth-order valence-corrected chi connectivity index (χ4v) is 2.84. The summed E-state index contributed by atoms with van der Waals surface area (Å²) in [5.41, 5.74) is 0.729. The number of carbonyl (C=O) groups excluding carboxylic acids is 1. The van der Waals surface area contributed by atoms with E-state index in [9.17, 15) is 4.79 Å². The highest BCUT2D eigenvalue weighted by atomic mass is 35.7. The molecule has 0 spiro atoms. The van der Waals surface area contributed by atoms with Crippen LogP contribution in [0, 0.1) is 17.2 Å². The van der Waals surface area contributed by atoms with Crippen molar-refractivity contribution in [1.82, 2.24) is 0 Å². The predicted molar refractivity (Wildman–Crippen MR) is 91.9 cm³/mol. The van der Waals surface area contributed by atoms with Gasteiger partial charge in [-0.05, 0) is 12.5 Å². The van der Waals surface area contributed by atoms with Crippen LogP contribution in [0.1, 0.15) is 17.7 Å². The van der Waals surface area contributed by atoms with Crippen molar-refractivity contribution in [3.8, 4) is 23.2 Å². The summed E-state index contributed by atoms with van der Waals surface area (Å²) < 4.78 is 66.3. The molecule has 1 aromatic heterocycles. The molecule has 0 aliphatic carbocycles. The van der Waals surface area contributed by atoms with Crippen LogP contribution in [-0.2, 0) is 16.0 Å². The van der Waals surface area contributed by atoms with Crippen molar-refractivity contribution in [2.24, 2.45) is 0 Å². The first kappa shape index (κ1) is 25.5. The number of ether oxygens (including phenoxy) is 5. The van der Waals surface area contributed by atoms with Crippen molar-refractivity contribution in [3.63, 3.8) is 0 Å². The Labute approximate surface area is 175 Å². The summed E-state index contributed by atoms with van der Waals surface area (Å²) in [5, 5.41) is 1.54. The minimum absolute atomic E-state index is 0.192. The standard InChI is InChI=1S/C18H23O7.ClHO4/c1-10-15-12(9-13(20-2)16(22-4)17(15)23-5)11(18(24-6)25-10)7-8-14(19)21-3;2-1(3,4)5/h9H,7-8H2,1-6H3;(H,2,3,4,5)/q+1;/p-1. The van der Waals surface area contributed by atoms with Gasteiger partial charge in [0.15, 0.2) is 18.6 Å². The molecule has 0 N–H and O–H groups in total. The zero-order chi connectivity index (χ0) is 23.1. The van der Waals surface area contributed by atoms with Gasteiger partial charge in [0.1, 0.15) is 5.56 Å². The van der Waals surface area contributed by atoms with E-state index in [1.54, 1.807) is 21.3 Å². The quantitative estimate of drug-likeness (QED) is 0.352. The fraction of sp³-hybridized carbons (Fsp3) is 0.444. The van der Waals surface area contributed by atoms with Gasteiger partial charge in [-0.2, -0.15) is 0 Å². The van der Waals surface area contributed by atoms with Crippen LogP contribution in [0.15, 0.2) is 10.5 Å². The number of hydrogen-bond donors (Lipinski definition) is 0. The highest BCUT2D eigenvalue weighted by molar-refractivity contribution is 5.97. The lowest BCUT2D eigenvalue weighted by molar-refractivity contribution is -2.00. The lowest BCUT2D eigenvalue weighted by Gasteiger charge is -2.17. The van der Waals surface area contributed by atoms with E-state index >= 15 is 0 Å². The molecule has 30 heavy (non-hydrogen) atoms. The summed E-state index contributed by atoms with van der Waals surface area (Å²) >= 11 is 0. The lowest BCUT2D eigenvalue weighted by atomic mass is 10.0. The molecular weight excluding hydrogens is 428 g/mol. The van der Waals surface area contributed by atoms with Crippen molar-refractivity contribution in [3.05, 3.63) is 17.4 Å². The van der Waals surface area contributed by atoms with Crippen LogP contribution < -0.4 is 37.6 Å². The van der Waals surface area contributed by atoms with Crippen LogP contribution in [0.25, 0.3) is 10.8 Å². The van der Waals surface area contributed by atoms with Crippen LogP contribution >= 0.6 is 0 Å². The van der Waals surface area contributed by atoms with Crippen molar-refractivity contribution < 1.29 is 61.8 Å². The Morgan fingerprint density at radius 3 is 1.97 bits per heavy atom. The Balaban J connectivity index is 0.000000804.